The molecule has 0 aliphatic rings. The molecule has 0 bridgehead atoms. The third kappa shape index (κ3) is 1.28. The molecule has 0 saturated carbocycles. The zero-order valence-electron chi connectivity index (χ0n) is 4.72. The fourth-order valence-electron chi connectivity index (χ4n) is 0.544. The van der Waals surface area contributed by atoms with Crippen LogP contribution in [0.5, 0.6) is 0 Å². The van der Waals surface area contributed by atoms with Crippen molar-refractivity contribution in [3.63, 3.8) is 0 Å². The first kappa shape index (κ1) is 5.81. The van der Waals surface area contributed by atoms with Gasteiger partial charge >= 0.3 is 0 Å². The molecule has 4 nitrogen and oxygen atoms in total. The van der Waals surface area contributed by atoms with Crippen molar-refractivity contribution in [2.24, 2.45) is 0 Å². The summed E-state index contributed by atoms with van der Waals surface area (Å²) in [5, 5.41) is 0. The number of nitrogens with two attached hydrogens (primary N) is 1. The van der Waals surface area contributed by atoms with E-state index in [9.17, 15) is 4.79 Å². The number of aromatic nitrogens is 2. The molecule has 0 atom stereocenters. The highest BCUT2D eigenvalue weighted by Crippen LogP contribution is 1.95. The van der Waals surface area contributed by atoms with E-state index in [-0.39, 0.29) is 6.42 Å². The van der Waals surface area contributed by atoms with Gasteiger partial charge in [-0.2, -0.15) is 0 Å². The lowest BCUT2D eigenvalue weighted by atomic mass is 10.4. The van der Waals surface area contributed by atoms with Crippen molar-refractivity contribution < 1.29 is 4.79 Å². The number of aromatic amines is 1. The smallest absolute Gasteiger partial charge is 0.204 e. The molecule has 0 saturated heterocycles. The molecule has 0 unspecified atom stereocenters. The molecule has 1 aromatic heterocycles. The van der Waals surface area contributed by atoms with Crippen LogP contribution < -0.4 is 5.73 Å². The van der Waals surface area contributed by atoms with Crippen molar-refractivity contribution in [1.82, 2.24) is 9.97 Å². The second-order valence-electron chi connectivity index (χ2n) is 1.61. The standard InChI is InChI=1S/C5H6N3O/c6-5-7-3-4(8-5)1-2-9/h3H,1H2,(H3,6,7,8). The molecule has 1 rings (SSSR count). The second kappa shape index (κ2) is 2.30. The van der Waals surface area contributed by atoms with Gasteiger partial charge in [-0.25, -0.2) is 4.98 Å². The molecule has 1 radical (unpaired) electrons. The number of nitrogens with one attached hydrogen (secondary N) is 1. The van der Waals surface area contributed by atoms with E-state index in [1.807, 2.05) is 0 Å². The first-order valence-corrected chi connectivity index (χ1v) is 2.47. The van der Waals surface area contributed by atoms with E-state index in [0.717, 1.165) is 0 Å². The van der Waals surface area contributed by atoms with Crippen LogP contribution in [0, 0.1) is 0 Å². The maximum atomic E-state index is 9.77. The van der Waals surface area contributed by atoms with Crippen molar-refractivity contribution in [3.8, 4) is 0 Å². The van der Waals surface area contributed by atoms with Gasteiger partial charge in [0.15, 0.2) is 5.95 Å². The molecular weight excluding hydrogens is 118 g/mol. The third-order valence-electron chi connectivity index (χ3n) is 0.911. The minimum absolute atomic E-state index is 0.226. The summed E-state index contributed by atoms with van der Waals surface area (Å²) >= 11 is 0. The first-order valence-electron chi connectivity index (χ1n) is 2.47. The van der Waals surface area contributed by atoms with Gasteiger partial charge in [0.25, 0.3) is 0 Å². The zero-order chi connectivity index (χ0) is 6.69. The molecule has 0 fully saturated rings. The molecule has 4 heteroatoms. The highest BCUT2D eigenvalue weighted by Gasteiger charge is 1.93. The number of nitrogens with zero attached hydrogens (tertiary/aromatic N) is 1. The minimum atomic E-state index is 0.226. The monoisotopic (exact) mass is 124 g/mol. The summed E-state index contributed by atoms with van der Waals surface area (Å²) in [5.41, 5.74) is 5.91. The number of anilines is 1. The average molecular weight is 124 g/mol. The molecule has 0 amide bonds. The predicted octanol–water partition coefficient (Wildman–Crippen LogP) is -0.356. The Hall–Kier alpha value is -1.32. The number of hydrogen-bond donors (Lipinski definition) is 2. The summed E-state index contributed by atoms with van der Waals surface area (Å²) < 4.78 is 0. The van der Waals surface area contributed by atoms with Crippen LogP contribution in [0.25, 0.3) is 0 Å². The number of H-pyrrole nitrogens is 1. The van der Waals surface area contributed by atoms with Crippen LogP contribution in [0.1, 0.15) is 5.69 Å². The molecule has 0 aromatic carbocycles. The Kier molecular flexibility index (Phi) is 1.48. The van der Waals surface area contributed by atoms with Crippen molar-refractivity contribution in [3.05, 3.63) is 11.9 Å². The van der Waals surface area contributed by atoms with E-state index >= 15 is 0 Å². The first-order chi connectivity index (χ1) is 4.33. The minimum Gasteiger partial charge on any atom is -0.369 e. The van der Waals surface area contributed by atoms with E-state index in [1.165, 1.54) is 6.20 Å². The van der Waals surface area contributed by atoms with E-state index < -0.39 is 0 Å². The second-order valence-corrected chi connectivity index (χ2v) is 1.61. The topological polar surface area (TPSA) is 71.8 Å². The molecule has 0 aliphatic heterocycles. The van der Waals surface area contributed by atoms with Crippen LogP contribution in [0.2, 0.25) is 0 Å². The van der Waals surface area contributed by atoms with E-state index in [4.69, 9.17) is 5.73 Å². The van der Waals surface area contributed by atoms with Crippen LogP contribution in [-0.2, 0) is 11.2 Å². The maximum absolute atomic E-state index is 9.77. The van der Waals surface area contributed by atoms with Crippen molar-refractivity contribution >= 4 is 12.2 Å². The van der Waals surface area contributed by atoms with Gasteiger partial charge in [-0.05, 0) is 0 Å². The number of rotatable bonds is 2. The highest BCUT2D eigenvalue weighted by molar-refractivity contribution is 5.54. The van der Waals surface area contributed by atoms with Crippen molar-refractivity contribution in [2.75, 3.05) is 5.73 Å². The summed E-state index contributed by atoms with van der Waals surface area (Å²) in [6.45, 7) is 0. The number of imidazole rings is 1. The lowest BCUT2D eigenvalue weighted by Gasteiger charge is -1.80. The fourth-order valence-corrected chi connectivity index (χ4v) is 0.544. The normalized spacial score (nSPS) is 9.33. The van der Waals surface area contributed by atoms with Crippen molar-refractivity contribution in [1.29, 1.82) is 0 Å². The number of nitrogen functional groups attached to an aromatic ring is 1. The van der Waals surface area contributed by atoms with Gasteiger partial charge in [0.05, 0.1) is 12.6 Å². The molecule has 1 heterocycles. The summed E-state index contributed by atoms with van der Waals surface area (Å²) in [6, 6.07) is 0. The van der Waals surface area contributed by atoms with Crippen molar-refractivity contribution in [2.45, 2.75) is 6.42 Å². The van der Waals surface area contributed by atoms with E-state index in [2.05, 4.69) is 9.97 Å². The molecule has 1 aromatic rings. The van der Waals surface area contributed by atoms with Crippen LogP contribution in [0.4, 0.5) is 5.95 Å². The molecular formula is C5H6N3O. The van der Waals surface area contributed by atoms with Gasteiger partial charge in [-0.15, -0.1) is 0 Å². The SMILES string of the molecule is Nc1ncc(C[C]=O)[nH]1. The van der Waals surface area contributed by atoms with Gasteiger partial charge in [0.2, 0.25) is 6.29 Å². The summed E-state index contributed by atoms with van der Waals surface area (Å²) in [6.07, 6.45) is 3.46. The quantitative estimate of drug-likeness (QED) is 0.565. The lowest BCUT2D eigenvalue weighted by Crippen LogP contribution is -1.88. The molecule has 9 heavy (non-hydrogen) atoms. The Morgan fingerprint density at radius 2 is 2.67 bits per heavy atom. The van der Waals surface area contributed by atoms with E-state index in [1.54, 1.807) is 6.29 Å². The van der Waals surface area contributed by atoms with Crippen LogP contribution >= 0.6 is 0 Å². The number of hydrogen-bond acceptors (Lipinski definition) is 3. The Morgan fingerprint density at radius 3 is 3.11 bits per heavy atom. The van der Waals surface area contributed by atoms with Gasteiger partial charge < -0.3 is 10.7 Å². The van der Waals surface area contributed by atoms with Gasteiger partial charge in [-0.3, -0.25) is 4.79 Å². The largest absolute Gasteiger partial charge is 0.369 e. The third-order valence-corrected chi connectivity index (χ3v) is 0.911. The molecule has 47 valence electrons. The summed E-state index contributed by atoms with van der Waals surface area (Å²) in [7, 11) is 0. The van der Waals surface area contributed by atoms with Gasteiger partial charge in [-0.1, -0.05) is 0 Å². The van der Waals surface area contributed by atoms with Gasteiger partial charge in [0.1, 0.15) is 0 Å². The Morgan fingerprint density at radius 1 is 1.89 bits per heavy atom. The molecule has 0 aliphatic carbocycles. The Labute approximate surface area is 52.1 Å². The average Bonchev–Trinajstić information content (AvgIpc) is 2.17. The van der Waals surface area contributed by atoms with E-state index in [0.29, 0.717) is 11.6 Å². The summed E-state index contributed by atoms with van der Waals surface area (Å²) in [5.74, 6) is 0.334. The predicted molar refractivity (Wildman–Crippen MR) is 32.4 cm³/mol. The number of carbonyl (C=O) groups excluding carboxylic acids is 1. The van der Waals surface area contributed by atoms with Gasteiger partial charge in [0, 0.05) is 5.69 Å². The lowest BCUT2D eigenvalue weighted by molar-refractivity contribution is 0.554. The molecule has 0 spiro atoms. The van der Waals surface area contributed by atoms with Crippen LogP contribution in [-0.4, -0.2) is 16.3 Å². The highest BCUT2D eigenvalue weighted by atomic mass is 16.1. The fraction of sp³-hybridized carbons (Fsp3) is 0.200. The van der Waals surface area contributed by atoms with Crippen LogP contribution in [0.3, 0.4) is 0 Å². The van der Waals surface area contributed by atoms with Crippen LogP contribution in [0.15, 0.2) is 6.20 Å². The Balaban J connectivity index is 2.72. The molecule has 3 N–H and O–H groups in total. The summed E-state index contributed by atoms with van der Waals surface area (Å²) in [4.78, 5) is 16.1. The maximum Gasteiger partial charge on any atom is 0.204 e. The zero-order valence-corrected chi connectivity index (χ0v) is 4.72. The Bertz CT molecular complexity index is 206.